The molecule has 2 heteroatoms. The van der Waals surface area contributed by atoms with Crippen LogP contribution in [0, 0.1) is 0 Å². The van der Waals surface area contributed by atoms with Crippen molar-refractivity contribution in [2.24, 2.45) is 0 Å². The van der Waals surface area contributed by atoms with Crippen molar-refractivity contribution in [3.8, 4) is 33.4 Å². The summed E-state index contributed by atoms with van der Waals surface area (Å²) in [7, 11) is -4.01. The van der Waals surface area contributed by atoms with Crippen molar-refractivity contribution in [3.63, 3.8) is 0 Å². The summed E-state index contributed by atoms with van der Waals surface area (Å²) in [6, 6.07) is 77.5. The molecule has 0 N–H and O–H groups in total. The highest BCUT2D eigenvalue weighted by Crippen LogP contribution is 2.44. The number of hydrogen-bond acceptors (Lipinski definition) is 0. The van der Waals surface area contributed by atoms with Crippen LogP contribution in [0.3, 0.4) is 0 Å². The molecule has 0 amide bonds. The van der Waals surface area contributed by atoms with Crippen molar-refractivity contribution < 1.29 is 0 Å². The Balaban J connectivity index is 1.14. The molecule has 0 aliphatic carbocycles. The van der Waals surface area contributed by atoms with Crippen LogP contribution in [0.1, 0.15) is 0 Å². The normalized spacial score (nSPS) is 12.1. The van der Waals surface area contributed by atoms with Crippen LogP contribution < -0.4 is 20.7 Å². The van der Waals surface area contributed by atoms with Gasteiger partial charge in [-0.1, -0.05) is 237 Å². The molecule has 0 saturated heterocycles. The smallest absolute Gasteiger partial charge is 0.0622 e. The molecule has 278 valence electrons. The van der Waals surface area contributed by atoms with Crippen LogP contribution in [0.4, 0.5) is 0 Å². The average Bonchev–Trinajstić information content (AvgIpc) is 3.28. The van der Waals surface area contributed by atoms with Crippen molar-refractivity contribution >= 4 is 80.0 Å². The van der Waals surface area contributed by atoms with Gasteiger partial charge in [-0.15, -0.1) is 0 Å². The summed E-state index contributed by atoms with van der Waals surface area (Å²) < 4.78 is 0. The highest BCUT2D eigenvalue weighted by Gasteiger charge is 2.29. The minimum Gasteiger partial charge on any atom is -0.0622 e. The molecule has 0 bridgehead atoms. The lowest BCUT2D eigenvalue weighted by molar-refractivity contribution is 1.63. The molecule has 10 rings (SSSR count). The molecule has 0 fully saturated rings. The summed E-state index contributed by atoms with van der Waals surface area (Å²) in [6.07, 6.45) is 0. The van der Waals surface area contributed by atoms with Gasteiger partial charge in [-0.25, -0.2) is 0 Å². The number of benzene rings is 10. The minimum absolute atomic E-state index is 1.23. The van der Waals surface area contributed by atoms with Crippen LogP contribution in [0.2, 0.25) is 26.2 Å². The van der Waals surface area contributed by atoms with Gasteiger partial charge in [0.05, 0.1) is 0 Å². The van der Waals surface area contributed by atoms with Crippen LogP contribution in [0.25, 0.3) is 76.5 Å². The van der Waals surface area contributed by atoms with Gasteiger partial charge in [-0.05, 0) is 92.9 Å². The maximum atomic E-state index is 2.49. The van der Waals surface area contributed by atoms with E-state index < -0.39 is 16.1 Å². The van der Waals surface area contributed by atoms with E-state index >= 15 is 0 Å². The van der Waals surface area contributed by atoms with Crippen molar-refractivity contribution in [2.75, 3.05) is 0 Å². The predicted molar refractivity (Wildman–Crippen MR) is 259 cm³/mol. The van der Waals surface area contributed by atoms with E-state index in [-0.39, 0.29) is 0 Å². The topological polar surface area (TPSA) is 0 Å². The first kappa shape index (κ1) is 36.0. The van der Waals surface area contributed by atoms with E-state index in [1.165, 1.54) is 97.2 Å². The lowest BCUT2D eigenvalue weighted by Crippen LogP contribution is -2.53. The largest absolute Gasteiger partial charge is 0.113 e. The van der Waals surface area contributed by atoms with Gasteiger partial charge in [0.15, 0.2) is 0 Å². The van der Waals surface area contributed by atoms with Gasteiger partial charge in [0, 0.05) is 0 Å². The molecule has 0 aromatic heterocycles. The van der Waals surface area contributed by atoms with Crippen molar-refractivity contribution in [1.82, 2.24) is 0 Å². The molecule has 0 nitrogen and oxygen atoms in total. The predicted octanol–water partition coefficient (Wildman–Crippen LogP) is 12.9. The van der Waals surface area contributed by atoms with E-state index in [4.69, 9.17) is 0 Å². The summed E-state index contributed by atoms with van der Waals surface area (Å²) in [5, 5.41) is 16.4. The lowest BCUT2D eigenvalue weighted by atomic mass is 9.85. The third-order valence-corrected chi connectivity index (χ3v) is 20.0. The molecule has 0 heterocycles. The van der Waals surface area contributed by atoms with Crippen molar-refractivity contribution in [1.29, 1.82) is 0 Å². The van der Waals surface area contributed by atoms with Gasteiger partial charge < -0.3 is 0 Å². The molecule has 0 aliphatic rings. The molecule has 0 unspecified atom stereocenters. The van der Waals surface area contributed by atoms with Gasteiger partial charge in [0.2, 0.25) is 0 Å². The molecule has 58 heavy (non-hydrogen) atoms. The number of fused-ring (bicyclic) bond motifs is 4. The molecule has 10 aromatic carbocycles. The average molecular weight is 775 g/mol. The molecule has 0 aliphatic heterocycles. The third-order valence-electron chi connectivity index (χ3n) is 12.8. The Kier molecular flexibility index (Phi) is 8.86. The Bertz CT molecular complexity index is 3130. The zero-order chi connectivity index (χ0) is 39.4. The number of hydrogen-bond donors (Lipinski definition) is 0. The second kappa shape index (κ2) is 14.2. The van der Waals surface area contributed by atoms with E-state index in [0.717, 1.165) is 0 Å². The maximum Gasteiger partial charge on any atom is 0.113 e. The van der Waals surface area contributed by atoms with E-state index in [0.29, 0.717) is 0 Å². The standard InChI is InChI=1S/C56H46Si2/c1-57(2,53-26-14-20-40-18-8-10-22-47(40)53)45-33-28-42(29-34-45)55-49-24-12-13-25-50(49)56(52-38-44(32-37-51(52)55)39-16-6-5-7-17-39)43-30-35-46(36-31-43)58(3,4)54-27-15-21-41-19-9-11-23-48(41)54/h5-38H,1-4H3. The zero-order valence-electron chi connectivity index (χ0n) is 33.6. The summed E-state index contributed by atoms with van der Waals surface area (Å²) in [5.74, 6) is 0. The molecule has 10 aromatic rings. The van der Waals surface area contributed by atoms with Crippen molar-refractivity contribution in [3.05, 3.63) is 206 Å². The Labute approximate surface area is 344 Å². The molecular formula is C56H46Si2. The van der Waals surface area contributed by atoms with Gasteiger partial charge in [-0.3, -0.25) is 0 Å². The second-order valence-electron chi connectivity index (χ2n) is 16.9. The van der Waals surface area contributed by atoms with Crippen LogP contribution >= 0.6 is 0 Å². The minimum atomic E-state index is -2.01. The Morgan fingerprint density at radius 3 is 1.14 bits per heavy atom. The molecule has 0 spiro atoms. The summed E-state index contributed by atoms with van der Waals surface area (Å²) in [6.45, 7) is 9.97. The van der Waals surface area contributed by atoms with Gasteiger partial charge in [0.25, 0.3) is 0 Å². The van der Waals surface area contributed by atoms with E-state index in [9.17, 15) is 0 Å². The highest BCUT2D eigenvalue weighted by atomic mass is 28.3. The molecular weight excluding hydrogens is 729 g/mol. The summed E-state index contributed by atoms with van der Waals surface area (Å²) >= 11 is 0. The first-order chi connectivity index (χ1) is 28.3. The summed E-state index contributed by atoms with van der Waals surface area (Å²) in [5.41, 5.74) is 7.56. The van der Waals surface area contributed by atoms with Crippen LogP contribution in [-0.4, -0.2) is 16.1 Å². The van der Waals surface area contributed by atoms with Crippen LogP contribution in [0.5, 0.6) is 0 Å². The monoisotopic (exact) mass is 774 g/mol. The van der Waals surface area contributed by atoms with Crippen LogP contribution in [-0.2, 0) is 0 Å². The van der Waals surface area contributed by atoms with Gasteiger partial charge in [0.1, 0.15) is 16.1 Å². The number of rotatable bonds is 7. The Hall–Kier alpha value is -6.33. The SMILES string of the molecule is C[Si](C)(c1ccc(-c2c3ccccc3c(-c3ccc([Si](C)(C)c4cccc5ccccc45)cc3)c3cc(-c4ccccc4)ccc23)cc1)c1cccc2ccccc12. The first-order valence-electron chi connectivity index (χ1n) is 20.5. The Morgan fingerprint density at radius 1 is 0.259 bits per heavy atom. The zero-order valence-corrected chi connectivity index (χ0v) is 35.6. The fraction of sp³-hybridized carbons (Fsp3) is 0.0714. The second-order valence-corrected chi connectivity index (χ2v) is 25.6. The third kappa shape index (κ3) is 6.03. The maximum absolute atomic E-state index is 2.49. The molecule has 0 saturated carbocycles. The molecule has 0 atom stereocenters. The lowest BCUT2D eigenvalue weighted by Gasteiger charge is -2.26. The molecule has 0 radical (unpaired) electrons. The Morgan fingerprint density at radius 2 is 0.638 bits per heavy atom. The summed E-state index contributed by atoms with van der Waals surface area (Å²) in [4.78, 5) is 0. The van der Waals surface area contributed by atoms with Gasteiger partial charge >= 0.3 is 0 Å². The highest BCUT2D eigenvalue weighted by molar-refractivity contribution is 7.02. The van der Waals surface area contributed by atoms with E-state index in [2.05, 4.69) is 232 Å². The fourth-order valence-corrected chi connectivity index (χ4v) is 15.0. The van der Waals surface area contributed by atoms with E-state index in [1.54, 1.807) is 0 Å². The quantitative estimate of drug-likeness (QED) is 0.112. The fourth-order valence-electron chi connectivity index (χ4n) is 9.57. The van der Waals surface area contributed by atoms with E-state index in [1.807, 2.05) is 0 Å². The van der Waals surface area contributed by atoms with Crippen molar-refractivity contribution in [2.45, 2.75) is 26.2 Å². The first-order valence-corrected chi connectivity index (χ1v) is 26.5. The van der Waals surface area contributed by atoms with Gasteiger partial charge in [-0.2, -0.15) is 0 Å². The van der Waals surface area contributed by atoms with Crippen LogP contribution in [0.15, 0.2) is 206 Å².